The number of hydrogen-bond acceptors (Lipinski definition) is 5. The molecule has 0 radical (unpaired) electrons. The topological polar surface area (TPSA) is 80.1 Å². The number of rotatable bonds is 4. The van der Waals surface area contributed by atoms with Crippen molar-refractivity contribution in [3.63, 3.8) is 0 Å². The zero-order valence-electron chi connectivity index (χ0n) is 11.4. The minimum atomic E-state index is -0.430. The highest BCUT2D eigenvalue weighted by Gasteiger charge is 2.26. The van der Waals surface area contributed by atoms with Crippen LogP contribution < -0.4 is 10.6 Å². The van der Waals surface area contributed by atoms with Crippen molar-refractivity contribution in [1.82, 2.24) is 15.2 Å². The lowest BCUT2D eigenvalue weighted by Crippen LogP contribution is -2.36. The average Bonchev–Trinajstić information content (AvgIpc) is 2.89. The molecule has 0 saturated carbocycles. The molecule has 1 aromatic rings. The molecule has 0 spiro atoms. The Kier molecular flexibility index (Phi) is 3.87. The van der Waals surface area contributed by atoms with Gasteiger partial charge in [-0.1, -0.05) is 0 Å². The molecule has 6 nitrogen and oxygen atoms in total. The van der Waals surface area contributed by atoms with E-state index in [0.717, 1.165) is 44.2 Å². The second-order valence-electron chi connectivity index (χ2n) is 5.36. The number of nitrogens with two attached hydrogens (primary N) is 1. The number of anilines is 1. The van der Waals surface area contributed by atoms with E-state index in [9.17, 15) is 0 Å². The van der Waals surface area contributed by atoms with Gasteiger partial charge in [0.05, 0.1) is 0 Å². The Morgan fingerprint density at radius 1 is 1.44 bits per heavy atom. The van der Waals surface area contributed by atoms with Crippen molar-refractivity contribution >= 4 is 5.95 Å². The number of methoxy groups -OCH3 is 1. The highest BCUT2D eigenvalue weighted by Crippen LogP contribution is 2.24. The van der Waals surface area contributed by atoms with Crippen LogP contribution in [0.3, 0.4) is 0 Å². The lowest BCUT2D eigenvalue weighted by Gasteiger charge is -2.30. The Labute approximate surface area is 108 Å². The van der Waals surface area contributed by atoms with Gasteiger partial charge in [0.2, 0.25) is 5.95 Å². The Balaban J connectivity index is 2.03. The molecule has 0 aromatic carbocycles. The van der Waals surface area contributed by atoms with Crippen LogP contribution in [0, 0.1) is 5.92 Å². The molecule has 1 fully saturated rings. The standard InChI is InChI=1S/C12H23N5O/c1-12(2,18-3)10-14-11(16-15-10)17-6-4-9(8-13)5-7-17/h9H,4-8,13H2,1-3H3,(H,14,15,16). The molecule has 0 bridgehead atoms. The SMILES string of the molecule is COC(C)(C)c1nc(N2CCC(CN)CC2)n[nH]1. The van der Waals surface area contributed by atoms with Gasteiger partial charge in [0.15, 0.2) is 5.82 Å². The monoisotopic (exact) mass is 253 g/mol. The first-order valence-electron chi connectivity index (χ1n) is 6.50. The van der Waals surface area contributed by atoms with E-state index < -0.39 is 5.60 Å². The van der Waals surface area contributed by atoms with Crippen LogP contribution in [0.25, 0.3) is 0 Å². The molecule has 2 heterocycles. The Morgan fingerprint density at radius 3 is 2.67 bits per heavy atom. The number of ether oxygens (including phenoxy) is 1. The smallest absolute Gasteiger partial charge is 0.244 e. The summed E-state index contributed by atoms with van der Waals surface area (Å²) in [5.74, 6) is 2.18. The fourth-order valence-electron chi connectivity index (χ4n) is 2.13. The van der Waals surface area contributed by atoms with E-state index >= 15 is 0 Å². The Bertz CT molecular complexity index is 382. The van der Waals surface area contributed by atoms with Crippen molar-refractivity contribution in [1.29, 1.82) is 0 Å². The second kappa shape index (κ2) is 5.24. The third-order valence-electron chi connectivity index (χ3n) is 3.78. The van der Waals surface area contributed by atoms with E-state index in [1.54, 1.807) is 7.11 Å². The highest BCUT2D eigenvalue weighted by atomic mass is 16.5. The van der Waals surface area contributed by atoms with Crippen molar-refractivity contribution in [3.8, 4) is 0 Å². The average molecular weight is 253 g/mol. The molecular weight excluding hydrogens is 230 g/mol. The van der Waals surface area contributed by atoms with Gasteiger partial charge in [0.25, 0.3) is 0 Å². The third-order valence-corrected chi connectivity index (χ3v) is 3.78. The largest absolute Gasteiger partial charge is 0.371 e. The molecule has 1 aromatic heterocycles. The van der Waals surface area contributed by atoms with Gasteiger partial charge in [-0.25, -0.2) is 0 Å². The van der Waals surface area contributed by atoms with E-state index in [-0.39, 0.29) is 0 Å². The number of nitrogens with one attached hydrogen (secondary N) is 1. The number of aromatic nitrogens is 3. The lowest BCUT2D eigenvalue weighted by atomic mass is 9.97. The summed E-state index contributed by atoms with van der Waals surface area (Å²) >= 11 is 0. The first-order valence-corrected chi connectivity index (χ1v) is 6.50. The van der Waals surface area contributed by atoms with Gasteiger partial charge in [-0.2, -0.15) is 4.98 Å². The van der Waals surface area contributed by atoms with Crippen molar-refractivity contribution in [2.24, 2.45) is 11.7 Å². The number of H-pyrrole nitrogens is 1. The summed E-state index contributed by atoms with van der Waals surface area (Å²) in [4.78, 5) is 6.74. The summed E-state index contributed by atoms with van der Waals surface area (Å²) in [6, 6.07) is 0. The molecule has 18 heavy (non-hydrogen) atoms. The van der Waals surface area contributed by atoms with Crippen molar-refractivity contribution in [3.05, 3.63) is 5.82 Å². The van der Waals surface area contributed by atoms with E-state index in [1.165, 1.54) is 0 Å². The van der Waals surface area contributed by atoms with Gasteiger partial charge in [-0.3, -0.25) is 5.10 Å². The quantitative estimate of drug-likeness (QED) is 0.832. The van der Waals surface area contributed by atoms with Gasteiger partial charge in [-0.05, 0) is 39.2 Å². The summed E-state index contributed by atoms with van der Waals surface area (Å²) in [6.45, 7) is 6.68. The molecule has 6 heteroatoms. The summed E-state index contributed by atoms with van der Waals surface area (Å²) in [5, 5.41) is 7.25. The van der Waals surface area contributed by atoms with Crippen molar-refractivity contribution in [2.45, 2.75) is 32.3 Å². The van der Waals surface area contributed by atoms with E-state index in [1.807, 2.05) is 13.8 Å². The fourth-order valence-corrected chi connectivity index (χ4v) is 2.13. The molecule has 1 aliphatic rings. The van der Waals surface area contributed by atoms with Crippen molar-refractivity contribution in [2.75, 3.05) is 31.6 Å². The minimum absolute atomic E-state index is 0.430. The van der Waals surface area contributed by atoms with Crippen LogP contribution in [0.15, 0.2) is 0 Å². The zero-order valence-corrected chi connectivity index (χ0v) is 11.4. The molecule has 0 atom stereocenters. The van der Waals surface area contributed by atoms with Crippen molar-refractivity contribution < 1.29 is 4.74 Å². The molecule has 0 amide bonds. The second-order valence-corrected chi connectivity index (χ2v) is 5.36. The van der Waals surface area contributed by atoms with Crippen LogP contribution in [0.1, 0.15) is 32.5 Å². The van der Waals surface area contributed by atoms with E-state index in [4.69, 9.17) is 10.5 Å². The Hall–Kier alpha value is -1.14. The summed E-state index contributed by atoms with van der Waals surface area (Å²) in [5.41, 5.74) is 5.26. The van der Waals surface area contributed by atoms with Crippen LogP contribution in [-0.4, -0.2) is 41.9 Å². The maximum atomic E-state index is 5.69. The number of piperidine rings is 1. The Morgan fingerprint density at radius 2 is 2.11 bits per heavy atom. The van der Waals surface area contributed by atoms with Crippen LogP contribution in [0.2, 0.25) is 0 Å². The minimum Gasteiger partial charge on any atom is -0.371 e. The first-order chi connectivity index (χ1) is 8.56. The predicted molar refractivity (Wildman–Crippen MR) is 70.4 cm³/mol. The van der Waals surface area contributed by atoms with Crippen LogP contribution in [0.5, 0.6) is 0 Å². The van der Waals surface area contributed by atoms with Gasteiger partial charge in [0, 0.05) is 20.2 Å². The van der Waals surface area contributed by atoms with E-state index in [2.05, 4.69) is 20.1 Å². The predicted octanol–water partition coefficient (Wildman–Crippen LogP) is 0.861. The number of aromatic amines is 1. The van der Waals surface area contributed by atoms with Crippen LogP contribution in [-0.2, 0) is 10.3 Å². The summed E-state index contributed by atoms with van der Waals surface area (Å²) < 4.78 is 5.39. The zero-order chi connectivity index (χ0) is 13.2. The normalized spacial score (nSPS) is 18.3. The van der Waals surface area contributed by atoms with Gasteiger partial charge in [0.1, 0.15) is 5.60 Å². The van der Waals surface area contributed by atoms with E-state index in [0.29, 0.717) is 5.92 Å². The lowest BCUT2D eigenvalue weighted by molar-refractivity contribution is 0.0118. The molecule has 3 N–H and O–H groups in total. The highest BCUT2D eigenvalue weighted by molar-refractivity contribution is 5.30. The van der Waals surface area contributed by atoms with Crippen LogP contribution in [0.4, 0.5) is 5.95 Å². The molecular formula is C12H23N5O. The first kappa shape index (κ1) is 13.3. The van der Waals surface area contributed by atoms with Gasteiger partial charge >= 0.3 is 0 Å². The fraction of sp³-hybridized carbons (Fsp3) is 0.833. The van der Waals surface area contributed by atoms with Crippen LogP contribution >= 0.6 is 0 Å². The maximum Gasteiger partial charge on any atom is 0.244 e. The molecule has 0 aliphatic carbocycles. The summed E-state index contributed by atoms with van der Waals surface area (Å²) in [6.07, 6.45) is 2.24. The van der Waals surface area contributed by atoms with Gasteiger partial charge in [-0.15, -0.1) is 5.10 Å². The molecule has 1 saturated heterocycles. The molecule has 1 aliphatic heterocycles. The molecule has 0 unspecified atom stereocenters. The maximum absolute atomic E-state index is 5.69. The summed E-state index contributed by atoms with van der Waals surface area (Å²) in [7, 11) is 1.68. The van der Waals surface area contributed by atoms with Gasteiger partial charge < -0.3 is 15.4 Å². The number of hydrogen-bond donors (Lipinski definition) is 2. The molecule has 2 rings (SSSR count). The number of nitrogens with zero attached hydrogens (tertiary/aromatic N) is 3. The molecule has 102 valence electrons. The third kappa shape index (κ3) is 2.64.